The summed E-state index contributed by atoms with van der Waals surface area (Å²) in [6, 6.07) is 22.4. The first kappa shape index (κ1) is 14.3. The lowest BCUT2D eigenvalue weighted by atomic mass is 10.1. The molecule has 1 nitrogen and oxygen atoms in total. The maximum absolute atomic E-state index is 8.86. The molecule has 1 heterocycles. The minimum absolute atomic E-state index is 0.694. The molecule has 1 aromatic heterocycles. The molecule has 3 aromatic rings. The Morgan fingerprint density at radius 2 is 1.73 bits per heavy atom. The molecule has 3 rings (SSSR count). The summed E-state index contributed by atoms with van der Waals surface area (Å²) in [4.78, 5) is 1.27. The maximum Gasteiger partial charge on any atom is 0.0991 e. The van der Waals surface area contributed by atoms with Crippen molar-refractivity contribution < 1.29 is 0 Å². The van der Waals surface area contributed by atoms with Crippen LogP contribution in [-0.4, -0.2) is 0 Å². The normalized spacial score (nSPS) is 11.2. The van der Waals surface area contributed by atoms with Crippen molar-refractivity contribution in [2.24, 2.45) is 0 Å². The Bertz CT molecular complexity index is 833. The Morgan fingerprint density at radius 1 is 1.00 bits per heavy atom. The monoisotopic (exact) mass is 301 g/mol. The highest BCUT2D eigenvalue weighted by Crippen LogP contribution is 2.30. The quantitative estimate of drug-likeness (QED) is 0.595. The highest BCUT2D eigenvalue weighted by atomic mass is 32.1. The van der Waals surface area contributed by atoms with E-state index in [1.54, 1.807) is 11.3 Å². The number of thiophene rings is 1. The van der Waals surface area contributed by atoms with Crippen molar-refractivity contribution in [1.29, 1.82) is 5.26 Å². The van der Waals surface area contributed by atoms with Crippen LogP contribution >= 0.6 is 11.3 Å². The van der Waals surface area contributed by atoms with Crippen molar-refractivity contribution in [3.63, 3.8) is 0 Å². The summed E-state index contributed by atoms with van der Waals surface area (Å²) in [6.07, 6.45) is 2.20. The number of benzene rings is 2. The third kappa shape index (κ3) is 3.16. The number of allylic oxidation sites excluding steroid dienone is 1. The largest absolute Gasteiger partial charge is 0.192 e. The summed E-state index contributed by atoms with van der Waals surface area (Å²) in [6.45, 7) is 2.14. The Labute approximate surface area is 134 Å². The van der Waals surface area contributed by atoms with Crippen molar-refractivity contribution in [3.8, 4) is 17.2 Å². The van der Waals surface area contributed by atoms with Crippen LogP contribution in [0.5, 0.6) is 0 Å². The van der Waals surface area contributed by atoms with E-state index in [0.717, 1.165) is 5.56 Å². The number of nitrogens with zero attached hydrogens (tertiary/aromatic N) is 1. The highest BCUT2D eigenvalue weighted by molar-refractivity contribution is 7.11. The van der Waals surface area contributed by atoms with Gasteiger partial charge < -0.3 is 0 Å². The van der Waals surface area contributed by atoms with Crippen LogP contribution in [0.4, 0.5) is 0 Å². The van der Waals surface area contributed by atoms with Gasteiger partial charge in [0.05, 0.1) is 11.6 Å². The zero-order valence-corrected chi connectivity index (χ0v) is 13.1. The summed E-state index contributed by atoms with van der Waals surface area (Å²) >= 11 is 1.75. The summed E-state index contributed by atoms with van der Waals surface area (Å²) in [5.41, 5.74) is 5.52. The van der Waals surface area contributed by atoms with Gasteiger partial charge in [-0.25, -0.2) is 0 Å². The topological polar surface area (TPSA) is 23.8 Å². The van der Waals surface area contributed by atoms with Gasteiger partial charge in [0.25, 0.3) is 0 Å². The molecule has 0 unspecified atom stereocenters. The third-order valence-corrected chi connectivity index (χ3v) is 4.58. The van der Waals surface area contributed by atoms with E-state index in [0.29, 0.717) is 5.56 Å². The van der Waals surface area contributed by atoms with Gasteiger partial charge in [-0.15, -0.1) is 11.3 Å². The van der Waals surface area contributed by atoms with Crippen molar-refractivity contribution in [2.45, 2.75) is 6.92 Å². The molecule has 0 fully saturated rings. The average Bonchev–Trinajstić information content (AvgIpc) is 3.06. The van der Waals surface area contributed by atoms with Crippen molar-refractivity contribution in [3.05, 3.63) is 82.0 Å². The fraction of sp³-hybridized carbons (Fsp3) is 0.0500. The zero-order valence-electron chi connectivity index (χ0n) is 12.3. The minimum atomic E-state index is 0.694. The summed E-state index contributed by atoms with van der Waals surface area (Å²) in [7, 11) is 0. The molecule has 0 aliphatic carbocycles. The van der Waals surface area contributed by atoms with Crippen LogP contribution in [0.1, 0.15) is 22.9 Å². The molecule has 0 aliphatic rings. The predicted molar refractivity (Wildman–Crippen MR) is 94.5 cm³/mol. The van der Waals surface area contributed by atoms with Gasteiger partial charge in [0.2, 0.25) is 0 Å². The maximum atomic E-state index is 8.86. The number of rotatable bonds is 3. The van der Waals surface area contributed by atoms with Crippen LogP contribution in [0.3, 0.4) is 0 Å². The van der Waals surface area contributed by atoms with Gasteiger partial charge in [0.15, 0.2) is 0 Å². The van der Waals surface area contributed by atoms with Gasteiger partial charge in [0, 0.05) is 4.88 Å². The SMILES string of the molecule is C/C(=C\c1ccccc1)c1cc(-c2ccc(C#N)cc2)cs1. The Morgan fingerprint density at radius 3 is 2.41 bits per heavy atom. The first-order valence-corrected chi connectivity index (χ1v) is 7.97. The number of nitriles is 1. The van der Waals surface area contributed by atoms with E-state index < -0.39 is 0 Å². The van der Waals surface area contributed by atoms with Crippen molar-refractivity contribution >= 4 is 23.0 Å². The number of hydrogen-bond acceptors (Lipinski definition) is 2. The van der Waals surface area contributed by atoms with Crippen LogP contribution in [0.2, 0.25) is 0 Å². The van der Waals surface area contributed by atoms with Gasteiger partial charge in [-0.3, -0.25) is 0 Å². The molecule has 0 saturated heterocycles. The minimum Gasteiger partial charge on any atom is -0.192 e. The molecular weight excluding hydrogens is 286 g/mol. The van der Waals surface area contributed by atoms with Gasteiger partial charge >= 0.3 is 0 Å². The molecule has 0 N–H and O–H groups in total. The lowest BCUT2D eigenvalue weighted by Gasteiger charge is -1.99. The Balaban J connectivity index is 1.87. The summed E-state index contributed by atoms with van der Waals surface area (Å²) in [5, 5.41) is 11.0. The molecule has 0 spiro atoms. The van der Waals surface area contributed by atoms with Crippen molar-refractivity contribution in [1.82, 2.24) is 0 Å². The molecule has 0 amide bonds. The van der Waals surface area contributed by atoms with E-state index in [-0.39, 0.29) is 0 Å². The fourth-order valence-electron chi connectivity index (χ4n) is 2.30. The molecule has 2 aromatic carbocycles. The second-order valence-corrected chi connectivity index (χ2v) is 6.04. The first-order valence-electron chi connectivity index (χ1n) is 7.09. The molecule has 0 bridgehead atoms. The standard InChI is InChI=1S/C20H15NS/c1-15(11-16-5-3-2-4-6-16)20-12-19(14-22-20)18-9-7-17(13-21)8-10-18/h2-12,14H,1H3/b15-11+. The second kappa shape index (κ2) is 6.43. The van der Waals surface area contributed by atoms with Gasteiger partial charge in [-0.1, -0.05) is 48.5 Å². The van der Waals surface area contributed by atoms with Crippen LogP contribution in [0.25, 0.3) is 22.8 Å². The zero-order chi connectivity index (χ0) is 15.4. The van der Waals surface area contributed by atoms with E-state index in [2.05, 4.69) is 54.8 Å². The second-order valence-electron chi connectivity index (χ2n) is 5.13. The molecule has 0 radical (unpaired) electrons. The predicted octanol–water partition coefficient (Wildman–Crippen LogP) is 5.85. The van der Waals surface area contributed by atoms with Crippen LogP contribution in [0, 0.1) is 11.3 Å². The molecule has 0 atom stereocenters. The molecule has 0 aliphatic heterocycles. The molecule has 106 valence electrons. The molecule has 22 heavy (non-hydrogen) atoms. The van der Waals surface area contributed by atoms with Gasteiger partial charge in [-0.05, 0) is 52.8 Å². The smallest absolute Gasteiger partial charge is 0.0991 e. The summed E-state index contributed by atoms with van der Waals surface area (Å²) < 4.78 is 0. The Kier molecular flexibility index (Phi) is 4.18. The van der Waals surface area contributed by atoms with Gasteiger partial charge in [-0.2, -0.15) is 5.26 Å². The molecule has 0 saturated carbocycles. The fourth-order valence-corrected chi connectivity index (χ4v) is 3.20. The lowest BCUT2D eigenvalue weighted by molar-refractivity contribution is 1.48. The lowest BCUT2D eigenvalue weighted by Crippen LogP contribution is -1.77. The highest BCUT2D eigenvalue weighted by Gasteiger charge is 2.04. The van der Waals surface area contributed by atoms with Gasteiger partial charge in [0.1, 0.15) is 0 Å². The van der Waals surface area contributed by atoms with E-state index in [1.807, 2.05) is 30.3 Å². The average molecular weight is 301 g/mol. The summed E-state index contributed by atoms with van der Waals surface area (Å²) in [5.74, 6) is 0. The van der Waals surface area contributed by atoms with E-state index in [4.69, 9.17) is 5.26 Å². The van der Waals surface area contributed by atoms with E-state index in [1.165, 1.54) is 21.6 Å². The third-order valence-electron chi connectivity index (χ3n) is 3.52. The van der Waals surface area contributed by atoms with E-state index in [9.17, 15) is 0 Å². The molecule has 2 heteroatoms. The molecular formula is C20H15NS. The van der Waals surface area contributed by atoms with Crippen molar-refractivity contribution in [2.75, 3.05) is 0 Å². The van der Waals surface area contributed by atoms with Crippen LogP contribution in [-0.2, 0) is 0 Å². The Hall–Kier alpha value is -2.63. The first-order chi connectivity index (χ1) is 10.8. The van der Waals surface area contributed by atoms with Crippen LogP contribution in [0.15, 0.2) is 66.0 Å². The number of hydrogen-bond donors (Lipinski definition) is 0. The van der Waals surface area contributed by atoms with Crippen LogP contribution < -0.4 is 0 Å². The van der Waals surface area contributed by atoms with E-state index >= 15 is 0 Å².